The summed E-state index contributed by atoms with van der Waals surface area (Å²) in [5, 5.41) is 7.47. The van der Waals surface area contributed by atoms with Crippen LogP contribution >= 0.6 is 15.9 Å². The van der Waals surface area contributed by atoms with Crippen LogP contribution in [0.5, 0.6) is 11.5 Å². The van der Waals surface area contributed by atoms with Crippen molar-refractivity contribution in [3.63, 3.8) is 0 Å². The summed E-state index contributed by atoms with van der Waals surface area (Å²) in [7, 11) is 3.28. The second-order valence-electron chi connectivity index (χ2n) is 6.91. The van der Waals surface area contributed by atoms with E-state index in [1.165, 1.54) is 0 Å². The third-order valence-corrected chi connectivity index (χ3v) is 5.91. The lowest BCUT2D eigenvalue weighted by atomic mass is 9.73. The van der Waals surface area contributed by atoms with Crippen molar-refractivity contribution >= 4 is 27.5 Å². The number of halogens is 1. The predicted molar refractivity (Wildman–Crippen MR) is 106 cm³/mol. The number of hydrogen-bond acceptors (Lipinski definition) is 4. The molecule has 1 aromatic carbocycles. The molecule has 142 valence electrons. The van der Waals surface area contributed by atoms with Gasteiger partial charge in [0.1, 0.15) is 0 Å². The van der Waals surface area contributed by atoms with Gasteiger partial charge in [0.25, 0.3) is 0 Å². The van der Waals surface area contributed by atoms with E-state index in [4.69, 9.17) is 14.6 Å². The molecular formula is C20H27BrN2O3. The molecule has 0 N–H and O–H groups in total. The van der Waals surface area contributed by atoms with Gasteiger partial charge < -0.3 is 9.47 Å². The SMILES string of the molecule is COc1ccc(C2=NN(CCCCBr)C(=O)[C@H]3CCCC[C@@H]23)cc1OC. The summed E-state index contributed by atoms with van der Waals surface area (Å²) in [6.45, 7) is 0.685. The normalized spacial score (nSPS) is 22.7. The molecule has 3 rings (SSSR count). The maximum Gasteiger partial charge on any atom is 0.246 e. The quantitative estimate of drug-likeness (QED) is 0.487. The summed E-state index contributed by atoms with van der Waals surface area (Å²) < 4.78 is 10.8. The number of fused-ring (bicyclic) bond motifs is 1. The van der Waals surface area contributed by atoms with Crippen molar-refractivity contribution in [1.82, 2.24) is 5.01 Å². The molecule has 0 unspecified atom stereocenters. The number of hydrogen-bond donors (Lipinski definition) is 0. The third-order valence-electron chi connectivity index (χ3n) is 5.35. The van der Waals surface area contributed by atoms with Crippen LogP contribution in [0.1, 0.15) is 44.1 Å². The molecule has 0 radical (unpaired) electrons. The lowest BCUT2D eigenvalue weighted by Gasteiger charge is -2.38. The molecular weight excluding hydrogens is 396 g/mol. The topological polar surface area (TPSA) is 51.1 Å². The van der Waals surface area contributed by atoms with Crippen molar-refractivity contribution < 1.29 is 14.3 Å². The maximum atomic E-state index is 12.9. The van der Waals surface area contributed by atoms with Gasteiger partial charge in [0.05, 0.1) is 19.9 Å². The van der Waals surface area contributed by atoms with E-state index in [0.29, 0.717) is 18.0 Å². The Balaban J connectivity index is 1.95. The minimum Gasteiger partial charge on any atom is -0.493 e. The van der Waals surface area contributed by atoms with Crippen LogP contribution in [-0.4, -0.2) is 42.7 Å². The Morgan fingerprint density at radius 2 is 1.85 bits per heavy atom. The zero-order valence-corrected chi connectivity index (χ0v) is 17.1. The Hall–Kier alpha value is -1.56. The van der Waals surface area contributed by atoms with E-state index in [9.17, 15) is 4.79 Å². The number of carbonyl (C=O) groups is 1. The number of methoxy groups -OCH3 is 2. The fourth-order valence-corrected chi connectivity index (χ4v) is 4.38. The van der Waals surface area contributed by atoms with Crippen molar-refractivity contribution in [1.29, 1.82) is 0 Å². The fourth-order valence-electron chi connectivity index (χ4n) is 3.98. The lowest BCUT2D eigenvalue weighted by molar-refractivity contribution is -0.139. The van der Waals surface area contributed by atoms with E-state index < -0.39 is 0 Å². The molecule has 5 nitrogen and oxygen atoms in total. The average molecular weight is 423 g/mol. The van der Waals surface area contributed by atoms with E-state index in [1.54, 1.807) is 19.2 Å². The van der Waals surface area contributed by atoms with Crippen LogP contribution < -0.4 is 9.47 Å². The first-order valence-electron chi connectivity index (χ1n) is 9.37. The highest BCUT2D eigenvalue weighted by atomic mass is 79.9. The number of hydrazone groups is 1. The number of carbonyl (C=O) groups excluding carboxylic acids is 1. The van der Waals surface area contributed by atoms with Crippen molar-refractivity contribution in [3.8, 4) is 11.5 Å². The third kappa shape index (κ3) is 3.90. The summed E-state index contributed by atoms with van der Waals surface area (Å²) in [5.41, 5.74) is 2.05. The molecule has 1 amide bonds. The van der Waals surface area contributed by atoms with Crippen molar-refractivity contribution in [2.45, 2.75) is 38.5 Å². The molecule has 1 heterocycles. The summed E-state index contributed by atoms with van der Waals surface area (Å²) in [6.07, 6.45) is 6.27. The van der Waals surface area contributed by atoms with Crippen LogP contribution in [0, 0.1) is 11.8 Å². The van der Waals surface area contributed by atoms with Gasteiger partial charge in [-0.05, 0) is 43.9 Å². The Bertz CT molecular complexity index is 677. The second-order valence-corrected chi connectivity index (χ2v) is 7.70. The van der Waals surface area contributed by atoms with Crippen LogP contribution in [0.3, 0.4) is 0 Å². The smallest absolute Gasteiger partial charge is 0.246 e. The first kappa shape index (κ1) is 19.2. The highest BCUT2D eigenvalue weighted by Gasteiger charge is 2.41. The van der Waals surface area contributed by atoms with Gasteiger partial charge in [0.15, 0.2) is 11.5 Å². The molecule has 0 saturated heterocycles. The molecule has 0 aromatic heterocycles. The van der Waals surface area contributed by atoms with Gasteiger partial charge in [0.2, 0.25) is 5.91 Å². The van der Waals surface area contributed by atoms with Gasteiger partial charge in [-0.1, -0.05) is 28.8 Å². The van der Waals surface area contributed by atoms with Crippen LogP contribution in [0.25, 0.3) is 0 Å². The van der Waals surface area contributed by atoms with Crippen LogP contribution in [0.15, 0.2) is 23.3 Å². The lowest BCUT2D eigenvalue weighted by Crippen LogP contribution is -2.46. The summed E-state index contributed by atoms with van der Waals surface area (Å²) in [6, 6.07) is 5.92. The predicted octanol–water partition coefficient (Wildman–Crippen LogP) is 4.23. The van der Waals surface area contributed by atoms with Gasteiger partial charge in [-0.15, -0.1) is 0 Å². The molecule has 0 bridgehead atoms. The number of amides is 1. The van der Waals surface area contributed by atoms with Gasteiger partial charge in [-0.25, -0.2) is 5.01 Å². The number of benzene rings is 1. The molecule has 6 heteroatoms. The van der Waals surface area contributed by atoms with E-state index in [-0.39, 0.29) is 17.7 Å². The molecule has 0 spiro atoms. The van der Waals surface area contributed by atoms with Crippen molar-refractivity contribution in [3.05, 3.63) is 23.8 Å². The number of nitrogens with zero attached hydrogens (tertiary/aromatic N) is 2. The van der Waals surface area contributed by atoms with Crippen LogP contribution in [-0.2, 0) is 4.79 Å². The minimum atomic E-state index is 0.0633. The highest BCUT2D eigenvalue weighted by molar-refractivity contribution is 9.09. The minimum absolute atomic E-state index is 0.0633. The van der Waals surface area contributed by atoms with Gasteiger partial charge in [0, 0.05) is 29.3 Å². The summed E-state index contributed by atoms with van der Waals surface area (Å²) in [5.74, 6) is 1.88. The number of rotatable bonds is 7. The molecule has 2 aliphatic rings. The molecule has 1 fully saturated rings. The zero-order chi connectivity index (χ0) is 18.5. The van der Waals surface area contributed by atoms with Gasteiger partial charge in [-0.2, -0.15) is 5.10 Å². The number of unbranched alkanes of at least 4 members (excludes halogenated alkanes) is 1. The van der Waals surface area contributed by atoms with E-state index in [1.807, 2.05) is 18.2 Å². The number of alkyl halides is 1. The van der Waals surface area contributed by atoms with E-state index in [0.717, 1.165) is 55.1 Å². The van der Waals surface area contributed by atoms with Crippen LogP contribution in [0.4, 0.5) is 0 Å². The Morgan fingerprint density at radius 3 is 2.54 bits per heavy atom. The Labute approximate surface area is 163 Å². The largest absolute Gasteiger partial charge is 0.493 e. The van der Waals surface area contributed by atoms with Crippen LogP contribution in [0.2, 0.25) is 0 Å². The Morgan fingerprint density at radius 1 is 1.12 bits per heavy atom. The maximum absolute atomic E-state index is 12.9. The van der Waals surface area contributed by atoms with Crippen molar-refractivity contribution in [2.24, 2.45) is 16.9 Å². The number of ether oxygens (including phenoxy) is 2. The van der Waals surface area contributed by atoms with Gasteiger partial charge in [-0.3, -0.25) is 4.79 Å². The summed E-state index contributed by atoms with van der Waals surface area (Å²) in [4.78, 5) is 12.9. The highest BCUT2D eigenvalue weighted by Crippen LogP contribution is 2.39. The second kappa shape index (κ2) is 8.89. The summed E-state index contributed by atoms with van der Waals surface area (Å²) >= 11 is 3.46. The first-order valence-corrected chi connectivity index (χ1v) is 10.5. The molecule has 26 heavy (non-hydrogen) atoms. The average Bonchev–Trinajstić information content (AvgIpc) is 2.69. The zero-order valence-electron chi connectivity index (χ0n) is 15.5. The van der Waals surface area contributed by atoms with E-state index >= 15 is 0 Å². The molecule has 1 saturated carbocycles. The molecule has 2 atom stereocenters. The fraction of sp³-hybridized carbons (Fsp3) is 0.600. The standard InChI is InChI=1S/C20H27BrN2O3/c1-25-17-10-9-14(13-18(17)26-2)19-15-7-3-4-8-16(15)20(24)23(22-19)12-6-5-11-21/h9-10,13,15-16H,3-8,11-12H2,1-2H3/t15-,16+/m1/s1. The Kier molecular flexibility index (Phi) is 6.57. The van der Waals surface area contributed by atoms with Crippen molar-refractivity contribution in [2.75, 3.05) is 26.1 Å². The molecule has 1 aliphatic heterocycles. The van der Waals surface area contributed by atoms with Gasteiger partial charge >= 0.3 is 0 Å². The molecule has 1 aromatic rings. The van der Waals surface area contributed by atoms with E-state index in [2.05, 4.69) is 15.9 Å². The molecule has 1 aliphatic carbocycles. The first-order chi connectivity index (χ1) is 12.7. The monoisotopic (exact) mass is 422 g/mol.